The van der Waals surface area contributed by atoms with E-state index in [1.165, 1.54) is 0 Å². The van der Waals surface area contributed by atoms with Gasteiger partial charge in [-0.25, -0.2) is 8.42 Å². The third kappa shape index (κ3) is 6.25. The molecular formula is C30H33N5O5S. The van der Waals surface area contributed by atoms with Gasteiger partial charge in [-0.3, -0.25) is 19.3 Å². The van der Waals surface area contributed by atoms with E-state index in [4.69, 9.17) is 4.74 Å². The van der Waals surface area contributed by atoms with Crippen LogP contribution in [0.5, 0.6) is 11.5 Å². The molecule has 1 saturated heterocycles. The number of amides is 2. The van der Waals surface area contributed by atoms with Crippen LogP contribution in [0.1, 0.15) is 44.7 Å². The molecule has 5 rings (SSSR count). The fourth-order valence-electron chi connectivity index (χ4n) is 4.73. The lowest BCUT2D eigenvalue weighted by molar-refractivity contribution is -0.122. The molecule has 2 aromatic carbocycles. The van der Waals surface area contributed by atoms with Crippen molar-refractivity contribution in [2.24, 2.45) is 0 Å². The van der Waals surface area contributed by atoms with Gasteiger partial charge in [0.25, 0.3) is 0 Å². The number of anilines is 1. The summed E-state index contributed by atoms with van der Waals surface area (Å²) < 4.78 is 34.6. The number of nitrogens with one attached hydrogen (secondary N) is 2. The molecule has 1 aliphatic rings. The molecule has 0 aliphatic carbocycles. The number of sulfone groups is 1. The van der Waals surface area contributed by atoms with E-state index in [1.807, 2.05) is 46.0 Å². The maximum atomic E-state index is 13.3. The van der Waals surface area contributed by atoms with Crippen molar-refractivity contribution < 1.29 is 22.7 Å². The Morgan fingerprint density at radius 1 is 1.15 bits per heavy atom. The third-order valence-corrected chi connectivity index (χ3v) is 9.23. The molecular weight excluding hydrogens is 542 g/mol. The second-order valence-electron chi connectivity index (χ2n) is 11.3. The van der Waals surface area contributed by atoms with E-state index < -0.39 is 15.1 Å². The van der Waals surface area contributed by atoms with E-state index >= 15 is 0 Å². The van der Waals surface area contributed by atoms with Crippen LogP contribution < -0.4 is 15.4 Å². The van der Waals surface area contributed by atoms with Gasteiger partial charge < -0.3 is 15.4 Å². The summed E-state index contributed by atoms with van der Waals surface area (Å²) in [4.78, 5) is 28.7. The maximum Gasteiger partial charge on any atom is 0.228 e. The summed E-state index contributed by atoms with van der Waals surface area (Å²) in [5, 5.41) is 9.73. The number of benzene rings is 2. The summed E-state index contributed by atoms with van der Waals surface area (Å²) in [6.45, 7) is 8.09. The molecule has 214 valence electrons. The van der Waals surface area contributed by atoms with E-state index in [2.05, 4.69) is 20.7 Å². The first kappa shape index (κ1) is 28.3. The van der Waals surface area contributed by atoms with Crippen LogP contribution in [0.4, 0.5) is 5.69 Å². The van der Waals surface area contributed by atoms with Crippen molar-refractivity contribution in [2.75, 3.05) is 11.9 Å². The molecule has 1 aliphatic heterocycles. The number of pyridine rings is 1. The summed E-state index contributed by atoms with van der Waals surface area (Å²) in [6, 6.07) is 12.0. The first-order chi connectivity index (χ1) is 19.4. The molecule has 0 bridgehead atoms. The van der Waals surface area contributed by atoms with E-state index in [-0.39, 0.29) is 48.1 Å². The Balaban J connectivity index is 1.32. The fraction of sp³-hybridized carbons (Fsp3) is 0.333. The monoisotopic (exact) mass is 575 g/mol. The minimum absolute atomic E-state index is 0.0969. The number of nitrogens with zero attached hydrogens (tertiary/aromatic N) is 3. The average Bonchev–Trinajstić information content (AvgIpc) is 3.39. The number of hydrogen-bond acceptors (Lipinski definition) is 7. The van der Waals surface area contributed by atoms with Crippen LogP contribution in [0.2, 0.25) is 0 Å². The fourth-order valence-corrected chi connectivity index (χ4v) is 6.39. The van der Waals surface area contributed by atoms with Crippen LogP contribution in [0.25, 0.3) is 10.9 Å². The van der Waals surface area contributed by atoms with Crippen LogP contribution >= 0.6 is 0 Å². The standard InChI is InChI=1S/C30H33N5O5S/c1-19-13-20(14-29(37)34-21-16-33-35(18-21)30(2,3)4)5-9-26(19)40-27-11-12-31-25-8-6-22(15-24(25)27)41(38,39)23-7-10-28(36)32-17-23/h5-6,8-9,11-13,15-16,18,23H,7,10,14,17H2,1-4H3,(H,32,36)(H,34,37). The number of carbonyl (C=O) groups is 2. The number of rotatable bonds is 7. The van der Waals surface area contributed by atoms with Gasteiger partial charge in [-0.1, -0.05) is 12.1 Å². The van der Waals surface area contributed by atoms with Crippen molar-refractivity contribution in [1.82, 2.24) is 20.1 Å². The topological polar surface area (TPSA) is 132 Å². The third-order valence-electron chi connectivity index (χ3n) is 7.04. The molecule has 1 unspecified atom stereocenters. The molecule has 0 radical (unpaired) electrons. The van der Waals surface area contributed by atoms with E-state index in [0.29, 0.717) is 28.1 Å². The zero-order valence-electron chi connectivity index (χ0n) is 23.5. The molecule has 10 nitrogen and oxygen atoms in total. The van der Waals surface area contributed by atoms with Gasteiger partial charge in [0, 0.05) is 30.7 Å². The summed E-state index contributed by atoms with van der Waals surface area (Å²) in [7, 11) is -3.66. The molecule has 2 amide bonds. The lowest BCUT2D eigenvalue weighted by atomic mass is 10.1. The summed E-state index contributed by atoms with van der Waals surface area (Å²) in [5.74, 6) is 0.757. The van der Waals surface area contributed by atoms with Crippen LogP contribution in [0.3, 0.4) is 0 Å². The SMILES string of the molecule is Cc1cc(CC(=O)Nc2cnn(C(C)(C)C)c2)ccc1Oc1ccnc2ccc(S(=O)(=O)C3CCC(=O)NC3)cc12. The first-order valence-electron chi connectivity index (χ1n) is 13.4. The Bertz CT molecular complexity index is 1730. The van der Waals surface area contributed by atoms with Crippen molar-refractivity contribution in [1.29, 1.82) is 0 Å². The Morgan fingerprint density at radius 2 is 1.95 bits per heavy atom. The lowest BCUT2D eigenvalue weighted by Crippen LogP contribution is -2.42. The average molecular weight is 576 g/mol. The molecule has 0 spiro atoms. The van der Waals surface area contributed by atoms with E-state index in [0.717, 1.165) is 11.1 Å². The van der Waals surface area contributed by atoms with Crippen molar-refractivity contribution >= 4 is 38.2 Å². The molecule has 1 atom stereocenters. The summed E-state index contributed by atoms with van der Waals surface area (Å²) in [5.41, 5.74) is 2.70. The van der Waals surface area contributed by atoms with Gasteiger partial charge in [0.05, 0.1) is 39.5 Å². The normalized spacial score (nSPS) is 15.9. The van der Waals surface area contributed by atoms with Gasteiger partial charge in [-0.2, -0.15) is 5.10 Å². The summed E-state index contributed by atoms with van der Waals surface area (Å²) >= 11 is 0. The molecule has 0 saturated carbocycles. The number of hydrogen-bond donors (Lipinski definition) is 2. The van der Waals surface area contributed by atoms with Crippen molar-refractivity contribution in [3.63, 3.8) is 0 Å². The van der Waals surface area contributed by atoms with E-state index in [9.17, 15) is 18.0 Å². The smallest absolute Gasteiger partial charge is 0.228 e. The van der Waals surface area contributed by atoms with Crippen LogP contribution in [0, 0.1) is 6.92 Å². The first-order valence-corrected chi connectivity index (χ1v) is 15.0. The van der Waals surface area contributed by atoms with Crippen LogP contribution in [-0.4, -0.2) is 46.8 Å². The minimum atomic E-state index is -3.66. The molecule has 11 heteroatoms. The highest BCUT2D eigenvalue weighted by Gasteiger charge is 2.31. The minimum Gasteiger partial charge on any atom is -0.456 e. The number of fused-ring (bicyclic) bond motifs is 1. The maximum absolute atomic E-state index is 13.3. The van der Waals surface area contributed by atoms with Crippen molar-refractivity contribution in [3.05, 3.63) is 72.2 Å². The van der Waals surface area contributed by atoms with Crippen molar-refractivity contribution in [3.8, 4) is 11.5 Å². The lowest BCUT2D eigenvalue weighted by Gasteiger charge is -2.22. The Kier molecular flexibility index (Phi) is 7.56. The predicted molar refractivity (Wildman–Crippen MR) is 156 cm³/mol. The molecule has 2 aromatic heterocycles. The van der Waals surface area contributed by atoms with Crippen LogP contribution in [-0.2, 0) is 31.4 Å². The Hall–Kier alpha value is -4.25. The number of carbonyl (C=O) groups excluding carboxylic acids is 2. The number of ether oxygens (including phenoxy) is 1. The van der Waals surface area contributed by atoms with Crippen molar-refractivity contribution in [2.45, 2.75) is 62.6 Å². The quantitative estimate of drug-likeness (QED) is 0.331. The highest BCUT2D eigenvalue weighted by Crippen LogP contribution is 2.33. The van der Waals surface area contributed by atoms with Gasteiger partial charge in [-0.05, 0) is 75.6 Å². The molecule has 4 aromatic rings. The molecule has 2 N–H and O–H groups in total. The van der Waals surface area contributed by atoms with Gasteiger partial charge in [-0.15, -0.1) is 0 Å². The zero-order chi connectivity index (χ0) is 29.4. The van der Waals surface area contributed by atoms with Gasteiger partial charge in [0.1, 0.15) is 11.5 Å². The molecule has 41 heavy (non-hydrogen) atoms. The zero-order valence-corrected chi connectivity index (χ0v) is 24.3. The molecule has 3 heterocycles. The number of aromatic nitrogens is 3. The van der Waals surface area contributed by atoms with E-state index in [1.54, 1.807) is 47.4 Å². The number of piperidine rings is 1. The summed E-state index contributed by atoms with van der Waals surface area (Å²) in [6.07, 6.45) is 5.71. The number of aryl methyl sites for hydroxylation is 1. The predicted octanol–water partition coefficient (Wildman–Crippen LogP) is 4.52. The Labute approximate surface area is 239 Å². The molecule has 1 fully saturated rings. The largest absolute Gasteiger partial charge is 0.456 e. The highest BCUT2D eigenvalue weighted by atomic mass is 32.2. The highest BCUT2D eigenvalue weighted by molar-refractivity contribution is 7.92. The van der Waals surface area contributed by atoms with Gasteiger partial charge >= 0.3 is 0 Å². The second-order valence-corrected chi connectivity index (χ2v) is 13.5. The van der Waals surface area contributed by atoms with Crippen LogP contribution in [0.15, 0.2) is 66.0 Å². The van der Waals surface area contributed by atoms with Gasteiger partial charge in [0.2, 0.25) is 11.8 Å². The second kappa shape index (κ2) is 11.0. The van der Waals surface area contributed by atoms with Gasteiger partial charge in [0.15, 0.2) is 9.84 Å². The Morgan fingerprint density at radius 3 is 2.63 bits per heavy atom.